The molecule has 3 aromatic rings. The van der Waals surface area contributed by atoms with E-state index in [1.165, 1.54) is 7.11 Å². The minimum absolute atomic E-state index is 0.0210. The molecule has 3 aromatic carbocycles. The number of hydrogen-bond acceptors (Lipinski definition) is 6. The predicted molar refractivity (Wildman–Crippen MR) is 145 cm³/mol. The lowest BCUT2D eigenvalue weighted by atomic mass is 10.0. The van der Waals surface area contributed by atoms with Gasteiger partial charge in [-0.3, -0.25) is 9.10 Å². The molecular weight excluding hydrogens is 547 g/mol. The van der Waals surface area contributed by atoms with Gasteiger partial charge in [0.1, 0.15) is 17.6 Å². The van der Waals surface area contributed by atoms with E-state index in [1.807, 2.05) is 37.3 Å². The summed E-state index contributed by atoms with van der Waals surface area (Å²) < 4.78 is 84.9. The van der Waals surface area contributed by atoms with E-state index in [4.69, 9.17) is 9.47 Å². The number of halogens is 3. The van der Waals surface area contributed by atoms with Gasteiger partial charge in [0.2, 0.25) is 0 Å². The van der Waals surface area contributed by atoms with E-state index in [0.717, 1.165) is 33.6 Å². The number of anilines is 1. The molecule has 1 aliphatic heterocycles. The van der Waals surface area contributed by atoms with Crippen LogP contribution in [0.2, 0.25) is 0 Å². The Morgan fingerprint density at radius 1 is 1.07 bits per heavy atom. The maximum absolute atomic E-state index is 13.8. The molecule has 0 N–H and O–H groups in total. The average molecular weight is 576 g/mol. The maximum Gasteiger partial charge on any atom is 0.416 e. The van der Waals surface area contributed by atoms with Gasteiger partial charge >= 0.3 is 12.1 Å². The van der Waals surface area contributed by atoms with Crippen LogP contribution in [0.5, 0.6) is 11.5 Å². The Balaban J connectivity index is 1.78. The molecule has 0 saturated carbocycles. The van der Waals surface area contributed by atoms with Gasteiger partial charge in [-0.2, -0.15) is 13.2 Å². The van der Waals surface area contributed by atoms with E-state index < -0.39 is 38.7 Å². The van der Waals surface area contributed by atoms with Crippen molar-refractivity contribution in [1.82, 2.24) is 0 Å². The molecule has 1 heterocycles. The fraction of sp³-hybridized carbons (Fsp3) is 0.276. The summed E-state index contributed by atoms with van der Waals surface area (Å²) in [5.74, 6) is 0.400. The lowest BCUT2D eigenvalue weighted by molar-refractivity contribution is -0.141. The maximum atomic E-state index is 13.8. The Morgan fingerprint density at radius 3 is 2.52 bits per heavy atom. The van der Waals surface area contributed by atoms with Crippen LogP contribution in [0.1, 0.15) is 36.5 Å². The molecule has 0 saturated heterocycles. The number of benzene rings is 3. The van der Waals surface area contributed by atoms with Crippen molar-refractivity contribution in [3.05, 3.63) is 83.4 Å². The van der Waals surface area contributed by atoms with Crippen LogP contribution >= 0.6 is 0 Å². The van der Waals surface area contributed by atoms with Crippen molar-refractivity contribution >= 4 is 33.3 Å². The second-order valence-corrected chi connectivity index (χ2v) is 11.0. The molecule has 0 unspecified atom stereocenters. The van der Waals surface area contributed by atoms with Crippen molar-refractivity contribution in [1.29, 1.82) is 0 Å². The molecule has 0 radical (unpaired) electrons. The molecule has 0 aliphatic carbocycles. The van der Waals surface area contributed by atoms with Crippen molar-refractivity contribution in [2.24, 2.45) is 0 Å². The normalized spacial score (nSPS) is 15.7. The number of rotatable bonds is 8. The standard InChI is InChI=1S/C29H28F3NO6S/c1-19(24-9-4-5-10-26(24)37-2)15-20-11-13-27-25(16-20)33(18-22(39-27)12-14-28(34)38-3)40(35,36)23-8-6-7-21(17-23)29(30,31)32/h4-11,13,15-17,22H,12,14,18H2,1-3H3/b19-15+/t22-/m0/s1. The highest BCUT2D eigenvalue weighted by atomic mass is 32.2. The molecule has 1 atom stereocenters. The Bertz CT molecular complexity index is 1530. The largest absolute Gasteiger partial charge is 0.496 e. The molecule has 212 valence electrons. The minimum Gasteiger partial charge on any atom is -0.496 e. The van der Waals surface area contributed by atoms with E-state index in [0.29, 0.717) is 17.4 Å². The number of para-hydroxylation sites is 1. The topological polar surface area (TPSA) is 82.1 Å². The molecular formula is C29H28F3NO6S. The number of fused-ring (bicyclic) bond motifs is 1. The summed E-state index contributed by atoms with van der Waals surface area (Å²) in [4.78, 5) is 11.2. The summed E-state index contributed by atoms with van der Waals surface area (Å²) >= 11 is 0. The van der Waals surface area contributed by atoms with Crippen LogP contribution in [-0.2, 0) is 25.7 Å². The number of allylic oxidation sites excluding steroid dienone is 1. The monoisotopic (exact) mass is 575 g/mol. The first-order valence-corrected chi connectivity index (χ1v) is 13.8. The first-order valence-electron chi connectivity index (χ1n) is 12.3. The van der Waals surface area contributed by atoms with Crippen molar-refractivity contribution in [2.45, 2.75) is 36.9 Å². The Labute approximate surface area is 230 Å². The van der Waals surface area contributed by atoms with Crippen LogP contribution in [0, 0.1) is 0 Å². The van der Waals surface area contributed by atoms with E-state index >= 15 is 0 Å². The van der Waals surface area contributed by atoms with E-state index in [-0.39, 0.29) is 30.8 Å². The number of alkyl halides is 3. The van der Waals surface area contributed by atoms with Crippen molar-refractivity contribution in [3.8, 4) is 11.5 Å². The van der Waals surface area contributed by atoms with E-state index in [9.17, 15) is 26.4 Å². The number of esters is 1. The molecule has 0 amide bonds. The number of methoxy groups -OCH3 is 2. The van der Waals surface area contributed by atoms with Crippen LogP contribution < -0.4 is 13.8 Å². The van der Waals surface area contributed by atoms with E-state index in [2.05, 4.69) is 4.74 Å². The summed E-state index contributed by atoms with van der Waals surface area (Å²) in [5, 5.41) is 0. The zero-order chi connectivity index (χ0) is 29.1. The third kappa shape index (κ3) is 6.25. The van der Waals surface area contributed by atoms with Crippen LogP contribution in [0.4, 0.5) is 18.9 Å². The molecule has 11 heteroatoms. The summed E-state index contributed by atoms with van der Waals surface area (Å²) in [5.41, 5.74) is 1.43. The molecule has 40 heavy (non-hydrogen) atoms. The number of hydrogen-bond donors (Lipinski definition) is 0. The van der Waals surface area contributed by atoms with Gasteiger partial charge in [0.05, 0.1) is 36.9 Å². The predicted octanol–water partition coefficient (Wildman–Crippen LogP) is 6.18. The fourth-order valence-electron chi connectivity index (χ4n) is 4.44. The number of carbonyl (C=O) groups is 1. The third-order valence-electron chi connectivity index (χ3n) is 6.48. The van der Waals surface area contributed by atoms with Gasteiger partial charge in [0.25, 0.3) is 10.0 Å². The zero-order valence-electron chi connectivity index (χ0n) is 22.1. The molecule has 0 aromatic heterocycles. The summed E-state index contributed by atoms with van der Waals surface area (Å²) in [6.07, 6.45) is -3.48. The van der Waals surface area contributed by atoms with Crippen LogP contribution in [0.3, 0.4) is 0 Å². The zero-order valence-corrected chi connectivity index (χ0v) is 22.9. The van der Waals surface area contributed by atoms with Gasteiger partial charge in [0, 0.05) is 12.0 Å². The molecule has 0 bridgehead atoms. The van der Waals surface area contributed by atoms with Crippen LogP contribution in [-0.4, -0.2) is 41.3 Å². The van der Waals surface area contributed by atoms with Crippen LogP contribution in [0.25, 0.3) is 11.6 Å². The number of sulfonamides is 1. The van der Waals surface area contributed by atoms with Gasteiger partial charge in [-0.1, -0.05) is 36.4 Å². The SMILES string of the molecule is COC(=O)CC[C@H]1CN(S(=O)(=O)c2cccc(C(F)(F)F)c2)c2cc(/C=C(\C)c3ccccc3OC)ccc2O1. The molecule has 0 fully saturated rings. The first kappa shape index (κ1) is 29.0. The van der Waals surface area contributed by atoms with Gasteiger partial charge in [0.15, 0.2) is 0 Å². The Morgan fingerprint density at radius 2 is 1.82 bits per heavy atom. The lowest BCUT2D eigenvalue weighted by Gasteiger charge is -2.35. The van der Waals surface area contributed by atoms with Gasteiger partial charge in [-0.15, -0.1) is 0 Å². The average Bonchev–Trinajstić information content (AvgIpc) is 2.94. The molecule has 1 aliphatic rings. The highest BCUT2D eigenvalue weighted by Crippen LogP contribution is 2.40. The second-order valence-electron chi connectivity index (χ2n) is 9.17. The lowest BCUT2D eigenvalue weighted by Crippen LogP contribution is -2.43. The summed E-state index contributed by atoms with van der Waals surface area (Å²) in [7, 11) is -1.64. The Kier molecular flexibility index (Phi) is 8.43. The van der Waals surface area contributed by atoms with Gasteiger partial charge in [-0.25, -0.2) is 8.42 Å². The molecule has 0 spiro atoms. The van der Waals surface area contributed by atoms with Crippen molar-refractivity contribution in [2.75, 3.05) is 25.1 Å². The van der Waals surface area contributed by atoms with Crippen molar-refractivity contribution in [3.63, 3.8) is 0 Å². The summed E-state index contributed by atoms with van der Waals surface area (Å²) in [6.45, 7) is 1.68. The number of carbonyl (C=O) groups excluding carboxylic acids is 1. The van der Waals surface area contributed by atoms with Gasteiger partial charge in [-0.05, 0) is 60.9 Å². The number of ether oxygens (including phenoxy) is 3. The highest BCUT2D eigenvalue weighted by molar-refractivity contribution is 7.92. The summed E-state index contributed by atoms with van der Waals surface area (Å²) in [6, 6.07) is 16.0. The quantitative estimate of drug-likeness (QED) is 0.236. The molecule has 4 rings (SSSR count). The number of nitrogens with zero attached hydrogens (tertiary/aromatic N) is 1. The smallest absolute Gasteiger partial charge is 0.416 e. The first-order chi connectivity index (χ1) is 18.9. The Hall–Kier alpha value is -3.99. The highest BCUT2D eigenvalue weighted by Gasteiger charge is 2.37. The minimum atomic E-state index is -4.72. The third-order valence-corrected chi connectivity index (χ3v) is 8.25. The van der Waals surface area contributed by atoms with Crippen LogP contribution in [0.15, 0.2) is 71.6 Å². The van der Waals surface area contributed by atoms with Gasteiger partial charge < -0.3 is 14.2 Å². The molecule has 7 nitrogen and oxygen atoms in total. The fourth-order valence-corrected chi connectivity index (χ4v) is 5.98. The van der Waals surface area contributed by atoms with Crippen molar-refractivity contribution < 1.29 is 40.6 Å². The van der Waals surface area contributed by atoms with E-state index in [1.54, 1.807) is 25.3 Å². The second kappa shape index (κ2) is 11.6.